The molecule has 0 atom stereocenters. The van der Waals surface area contributed by atoms with Crippen molar-refractivity contribution < 1.29 is 4.92 Å². The van der Waals surface area contributed by atoms with Crippen molar-refractivity contribution in [2.75, 3.05) is 5.32 Å². The molecule has 0 spiro atoms. The molecule has 0 bridgehead atoms. The summed E-state index contributed by atoms with van der Waals surface area (Å²) in [6.45, 7) is 0.351. The first-order chi connectivity index (χ1) is 8.68. The summed E-state index contributed by atoms with van der Waals surface area (Å²) < 4.78 is 0.869. The van der Waals surface area contributed by atoms with Crippen LogP contribution >= 0.6 is 22.6 Å². The van der Waals surface area contributed by atoms with E-state index in [1.807, 2.05) is 0 Å². The molecule has 1 aromatic carbocycles. The summed E-state index contributed by atoms with van der Waals surface area (Å²) in [4.78, 5) is 18.4. The second-order valence-corrected chi connectivity index (χ2v) is 4.62. The molecule has 1 aromatic heterocycles. The Balaban J connectivity index is 2.16. The smallest absolute Gasteiger partial charge is 0.274 e. The fraction of sp³-hybridized carbons (Fsp3) is 0.0909. The lowest BCUT2D eigenvalue weighted by Crippen LogP contribution is -2.05. The van der Waals surface area contributed by atoms with Crippen molar-refractivity contribution in [3.63, 3.8) is 0 Å². The van der Waals surface area contributed by atoms with Crippen molar-refractivity contribution in [1.82, 2.24) is 9.97 Å². The molecule has 2 rings (SSSR count). The quantitative estimate of drug-likeness (QED) is 0.518. The van der Waals surface area contributed by atoms with Crippen LogP contribution in [0, 0.1) is 13.7 Å². The molecule has 0 radical (unpaired) electrons. The van der Waals surface area contributed by atoms with Gasteiger partial charge in [-0.3, -0.25) is 10.1 Å². The second kappa shape index (κ2) is 5.71. The average Bonchev–Trinajstić information content (AvgIpc) is 2.38. The van der Waals surface area contributed by atoms with E-state index in [-0.39, 0.29) is 10.6 Å². The van der Waals surface area contributed by atoms with Crippen LogP contribution in [0.15, 0.2) is 36.8 Å². The molecule has 0 aliphatic rings. The minimum atomic E-state index is -0.387. The highest BCUT2D eigenvalue weighted by molar-refractivity contribution is 14.1. The summed E-state index contributed by atoms with van der Waals surface area (Å²) in [7, 11) is 0. The Morgan fingerprint density at radius 2 is 2.17 bits per heavy atom. The third-order valence-electron chi connectivity index (χ3n) is 2.30. The van der Waals surface area contributed by atoms with E-state index in [4.69, 9.17) is 0 Å². The molecule has 0 fully saturated rings. The van der Waals surface area contributed by atoms with E-state index in [9.17, 15) is 10.1 Å². The Labute approximate surface area is 117 Å². The van der Waals surface area contributed by atoms with Gasteiger partial charge in [0.05, 0.1) is 8.49 Å². The number of nitrogens with zero attached hydrogens (tertiary/aromatic N) is 3. The third kappa shape index (κ3) is 2.92. The molecule has 0 saturated carbocycles. The van der Waals surface area contributed by atoms with Crippen LogP contribution in [0.2, 0.25) is 0 Å². The van der Waals surface area contributed by atoms with Gasteiger partial charge in [0, 0.05) is 24.4 Å². The first-order valence-corrected chi connectivity index (χ1v) is 6.18. The van der Waals surface area contributed by atoms with E-state index < -0.39 is 0 Å². The van der Waals surface area contributed by atoms with Gasteiger partial charge in [0.2, 0.25) is 0 Å². The summed E-state index contributed by atoms with van der Waals surface area (Å²) in [5.41, 5.74) is 0.728. The number of halogens is 1. The number of nitro benzene ring substituents is 1. The van der Waals surface area contributed by atoms with E-state index in [0.29, 0.717) is 17.9 Å². The molecule has 2 aromatic rings. The number of hydrogen-bond donors (Lipinski definition) is 1. The molecule has 0 unspecified atom stereocenters. The van der Waals surface area contributed by atoms with Crippen LogP contribution in [-0.4, -0.2) is 14.9 Å². The molecule has 0 saturated heterocycles. The molecule has 0 aliphatic carbocycles. The summed E-state index contributed by atoms with van der Waals surface area (Å²) in [5, 5.41) is 13.9. The fourth-order valence-corrected chi connectivity index (χ4v) is 1.95. The van der Waals surface area contributed by atoms with Crippen LogP contribution in [-0.2, 0) is 6.54 Å². The van der Waals surface area contributed by atoms with Crippen LogP contribution in [0.25, 0.3) is 0 Å². The summed E-state index contributed by atoms with van der Waals surface area (Å²) in [5.74, 6) is 0.670. The molecular formula is C11H9IN4O2. The highest BCUT2D eigenvalue weighted by atomic mass is 127. The second-order valence-electron chi connectivity index (χ2n) is 3.46. The first kappa shape index (κ1) is 12.7. The van der Waals surface area contributed by atoms with Gasteiger partial charge < -0.3 is 5.32 Å². The number of hydrogen-bond acceptors (Lipinski definition) is 5. The maximum absolute atomic E-state index is 10.9. The number of para-hydroxylation sites is 1. The van der Waals surface area contributed by atoms with Crippen LogP contribution in [0.5, 0.6) is 0 Å². The summed E-state index contributed by atoms with van der Waals surface area (Å²) in [6.07, 6.45) is 3.11. The molecule has 6 nitrogen and oxygen atoms in total. The minimum absolute atomic E-state index is 0.106. The van der Waals surface area contributed by atoms with Crippen molar-refractivity contribution >= 4 is 34.1 Å². The molecule has 1 heterocycles. The van der Waals surface area contributed by atoms with Crippen LogP contribution in [0.3, 0.4) is 0 Å². The normalized spacial score (nSPS) is 10.1. The Morgan fingerprint density at radius 3 is 2.89 bits per heavy atom. The van der Waals surface area contributed by atoms with Crippen molar-refractivity contribution in [3.05, 3.63) is 56.0 Å². The largest absolute Gasteiger partial charge is 0.365 e. The minimum Gasteiger partial charge on any atom is -0.365 e. The zero-order valence-corrected chi connectivity index (χ0v) is 11.4. The Bertz CT molecular complexity index is 576. The van der Waals surface area contributed by atoms with Crippen molar-refractivity contribution in [2.24, 2.45) is 0 Å². The lowest BCUT2D eigenvalue weighted by molar-refractivity contribution is -0.385. The maximum atomic E-state index is 10.9. The van der Waals surface area contributed by atoms with Crippen molar-refractivity contribution in [3.8, 4) is 0 Å². The van der Waals surface area contributed by atoms with Crippen molar-refractivity contribution in [1.29, 1.82) is 0 Å². The predicted octanol–water partition coefficient (Wildman–Crippen LogP) is 2.60. The highest BCUT2D eigenvalue weighted by Crippen LogP contribution is 2.20. The number of aromatic nitrogens is 2. The molecule has 92 valence electrons. The van der Waals surface area contributed by atoms with E-state index in [1.54, 1.807) is 24.4 Å². The number of benzene rings is 1. The monoisotopic (exact) mass is 356 g/mol. The van der Waals surface area contributed by atoms with Gasteiger partial charge in [0.15, 0.2) is 0 Å². The first-order valence-electron chi connectivity index (χ1n) is 5.10. The summed E-state index contributed by atoms with van der Waals surface area (Å²) in [6, 6.07) is 6.63. The highest BCUT2D eigenvalue weighted by Gasteiger charge is 2.12. The Morgan fingerprint density at radius 1 is 1.39 bits per heavy atom. The topological polar surface area (TPSA) is 81.0 Å². The number of nitro groups is 1. The Hall–Kier alpha value is -1.77. The zero-order chi connectivity index (χ0) is 13.0. The molecular weight excluding hydrogens is 347 g/mol. The summed E-state index contributed by atoms with van der Waals surface area (Å²) >= 11 is 2.10. The van der Waals surface area contributed by atoms with Gasteiger partial charge in [-0.2, -0.15) is 0 Å². The third-order valence-corrected chi connectivity index (χ3v) is 3.09. The number of anilines is 1. The standard InChI is InChI=1S/C11H9IN4O2/c12-9-6-13-7-15-11(9)14-5-8-3-1-2-4-10(8)16(17)18/h1-4,6-7H,5H2,(H,13,14,15). The maximum Gasteiger partial charge on any atom is 0.274 e. The van der Waals surface area contributed by atoms with Gasteiger partial charge in [0.1, 0.15) is 12.1 Å². The molecule has 7 heteroatoms. The van der Waals surface area contributed by atoms with Crippen LogP contribution < -0.4 is 5.32 Å². The van der Waals surface area contributed by atoms with E-state index in [1.165, 1.54) is 12.4 Å². The SMILES string of the molecule is O=[N+]([O-])c1ccccc1CNc1ncncc1I. The molecule has 18 heavy (non-hydrogen) atoms. The molecule has 0 amide bonds. The lowest BCUT2D eigenvalue weighted by atomic mass is 10.2. The van der Waals surface area contributed by atoms with E-state index in [2.05, 4.69) is 37.9 Å². The lowest BCUT2D eigenvalue weighted by Gasteiger charge is -2.07. The average molecular weight is 356 g/mol. The van der Waals surface area contributed by atoms with Gasteiger partial charge in [-0.15, -0.1) is 0 Å². The van der Waals surface area contributed by atoms with Gasteiger partial charge in [-0.1, -0.05) is 18.2 Å². The predicted molar refractivity (Wildman–Crippen MR) is 75.2 cm³/mol. The number of nitrogens with one attached hydrogen (secondary N) is 1. The van der Waals surface area contributed by atoms with Crippen molar-refractivity contribution in [2.45, 2.75) is 6.54 Å². The van der Waals surface area contributed by atoms with Gasteiger partial charge in [0.25, 0.3) is 5.69 Å². The number of rotatable bonds is 4. The van der Waals surface area contributed by atoms with Gasteiger partial charge in [-0.05, 0) is 22.6 Å². The van der Waals surface area contributed by atoms with E-state index >= 15 is 0 Å². The molecule has 1 N–H and O–H groups in total. The van der Waals surface area contributed by atoms with E-state index in [0.717, 1.165) is 3.57 Å². The Kier molecular flexibility index (Phi) is 4.03. The van der Waals surface area contributed by atoms with Gasteiger partial charge >= 0.3 is 0 Å². The van der Waals surface area contributed by atoms with Crippen LogP contribution in [0.1, 0.15) is 5.56 Å². The van der Waals surface area contributed by atoms with Crippen LogP contribution in [0.4, 0.5) is 11.5 Å². The van der Waals surface area contributed by atoms with Gasteiger partial charge in [-0.25, -0.2) is 9.97 Å². The fourth-order valence-electron chi connectivity index (χ4n) is 1.46. The molecule has 0 aliphatic heterocycles. The zero-order valence-electron chi connectivity index (χ0n) is 9.21.